The summed E-state index contributed by atoms with van der Waals surface area (Å²) in [5.41, 5.74) is 7.33. The summed E-state index contributed by atoms with van der Waals surface area (Å²) in [7, 11) is 0. The first kappa shape index (κ1) is 19.5. The van der Waals surface area contributed by atoms with Crippen LogP contribution in [0.2, 0.25) is 0 Å². The number of thiazole rings is 1. The van der Waals surface area contributed by atoms with E-state index in [9.17, 15) is 0 Å². The standard InChI is InChI=1S/C26H23N3OS/c1-26(2,3)18-14-12-17(13-15-18)23-16-21(19-8-4-6-10-22(19)30-23)28-29-25-27-20-9-5-7-11-24(20)31-25/h4-16H,1-3H3,(H,27,29). The number of aromatic nitrogens is 1. The van der Waals surface area contributed by atoms with E-state index in [-0.39, 0.29) is 5.41 Å². The molecule has 4 nitrogen and oxygen atoms in total. The zero-order chi connectivity index (χ0) is 21.4. The number of hydrogen-bond donors (Lipinski definition) is 1. The Morgan fingerprint density at radius 3 is 2.42 bits per heavy atom. The van der Waals surface area contributed by atoms with E-state index < -0.39 is 0 Å². The zero-order valence-electron chi connectivity index (χ0n) is 17.7. The van der Waals surface area contributed by atoms with Gasteiger partial charge >= 0.3 is 0 Å². The largest absolute Gasteiger partial charge is 0.456 e. The summed E-state index contributed by atoms with van der Waals surface area (Å²) in [6.07, 6.45) is 0. The molecule has 0 aliphatic rings. The monoisotopic (exact) mass is 425 g/mol. The third-order valence-electron chi connectivity index (χ3n) is 5.25. The first-order valence-corrected chi connectivity index (χ1v) is 11.1. The molecule has 2 aromatic heterocycles. The van der Waals surface area contributed by atoms with Crippen LogP contribution in [0.3, 0.4) is 0 Å². The van der Waals surface area contributed by atoms with Crippen LogP contribution >= 0.6 is 11.3 Å². The normalized spacial score (nSPS) is 12.5. The van der Waals surface area contributed by atoms with Crippen molar-refractivity contribution in [3.05, 3.63) is 89.8 Å². The van der Waals surface area contributed by atoms with Gasteiger partial charge in [0.25, 0.3) is 0 Å². The quantitative estimate of drug-likeness (QED) is 0.319. The molecule has 1 N–H and O–H groups in total. The highest BCUT2D eigenvalue weighted by Crippen LogP contribution is 2.28. The highest BCUT2D eigenvalue weighted by molar-refractivity contribution is 7.22. The average Bonchev–Trinajstić information content (AvgIpc) is 3.20. The first-order chi connectivity index (χ1) is 15.0. The molecule has 0 saturated carbocycles. The van der Waals surface area contributed by atoms with E-state index in [4.69, 9.17) is 4.42 Å². The van der Waals surface area contributed by atoms with Crippen molar-refractivity contribution >= 4 is 37.7 Å². The Balaban J connectivity index is 1.58. The van der Waals surface area contributed by atoms with Crippen LogP contribution in [0.5, 0.6) is 0 Å². The van der Waals surface area contributed by atoms with Crippen LogP contribution < -0.4 is 10.8 Å². The van der Waals surface area contributed by atoms with Gasteiger partial charge in [-0.25, -0.2) is 4.98 Å². The van der Waals surface area contributed by atoms with E-state index in [1.165, 1.54) is 5.56 Å². The molecule has 0 aliphatic carbocycles. The summed E-state index contributed by atoms with van der Waals surface area (Å²) in [6.45, 7) is 6.65. The number of benzene rings is 3. The van der Waals surface area contributed by atoms with Gasteiger partial charge in [0.2, 0.25) is 5.13 Å². The molecule has 31 heavy (non-hydrogen) atoms. The van der Waals surface area contributed by atoms with Gasteiger partial charge in [0, 0.05) is 17.0 Å². The molecule has 3 aromatic carbocycles. The van der Waals surface area contributed by atoms with Crippen molar-refractivity contribution in [3.8, 4) is 11.3 Å². The molecule has 0 radical (unpaired) electrons. The fourth-order valence-electron chi connectivity index (χ4n) is 3.51. The maximum Gasteiger partial charge on any atom is 0.204 e. The highest BCUT2D eigenvalue weighted by Gasteiger charge is 2.14. The molecular formula is C26H23N3OS. The molecule has 0 spiro atoms. The molecule has 0 atom stereocenters. The molecule has 5 aromatic rings. The minimum absolute atomic E-state index is 0.112. The Labute approximate surface area is 184 Å². The third-order valence-corrected chi connectivity index (χ3v) is 6.19. The van der Waals surface area contributed by atoms with Crippen molar-refractivity contribution in [3.63, 3.8) is 0 Å². The van der Waals surface area contributed by atoms with Crippen LogP contribution in [0.15, 0.2) is 88.4 Å². The molecule has 0 fully saturated rings. The summed E-state index contributed by atoms with van der Waals surface area (Å²) < 4.78 is 7.35. The van der Waals surface area contributed by atoms with E-state index in [0.717, 1.165) is 43.0 Å². The van der Waals surface area contributed by atoms with Gasteiger partial charge in [0.15, 0.2) is 0 Å². The van der Waals surface area contributed by atoms with E-state index >= 15 is 0 Å². The number of rotatable bonds is 3. The fourth-order valence-corrected chi connectivity index (χ4v) is 4.32. The number of hydrogen-bond acceptors (Lipinski definition) is 5. The number of nitrogens with zero attached hydrogens (tertiary/aromatic N) is 2. The van der Waals surface area contributed by atoms with Gasteiger partial charge in [-0.2, -0.15) is 5.10 Å². The van der Waals surface area contributed by atoms with Gasteiger partial charge in [-0.15, -0.1) is 0 Å². The molecule has 2 heterocycles. The van der Waals surface area contributed by atoms with Gasteiger partial charge in [-0.3, -0.25) is 5.43 Å². The van der Waals surface area contributed by atoms with Crippen molar-refractivity contribution in [1.82, 2.24) is 4.98 Å². The highest BCUT2D eigenvalue weighted by atomic mass is 32.1. The molecule has 154 valence electrons. The summed E-state index contributed by atoms with van der Waals surface area (Å²) in [5, 5.41) is 7.21. The van der Waals surface area contributed by atoms with Crippen molar-refractivity contribution < 1.29 is 4.42 Å². The molecular weight excluding hydrogens is 402 g/mol. The van der Waals surface area contributed by atoms with Crippen LogP contribution in [-0.4, -0.2) is 4.98 Å². The Morgan fingerprint density at radius 1 is 0.903 bits per heavy atom. The van der Waals surface area contributed by atoms with Crippen LogP contribution in [0.25, 0.3) is 32.5 Å². The number of para-hydroxylation sites is 2. The maximum absolute atomic E-state index is 6.21. The molecule has 0 unspecified atom stereocenters. The SMILES string of the molecule is CC(C)(C)c1ccc(-c2cc(=NNc3nc4ccccc4s3)c3ccccc3o2)cc1. The van der Waals surface area contributed by atoms with Gasteiger partial charge < -0.3 is 4.42 Å². The van der Waals surface area contributed by atoms with E-state index in [0.29, 0.717) is 0 Å². The smallest absolute Gasteiger partial charge is 0.204 e. The molecule has 0 aliphatic heterocycles. The predicted octanol–water partition coefficient (Wildman–Crippen LogP) is 6.93. The molecule has 5 heteroatoms. The fraction of sp³-hybridized carbons (Fsp3) is 0.154. The lowest BCUT2D eigenvalue weighted by Gasteiger charge is -2.19. The third kappa shape index (κ3) is 3.97. The van der Waals surface area contributed by atoms with E-state index in [2.05, 4.69) is 66.6 Å². The predicted molar refractivity (Wildman–Crippen MR) is 129 cm³/mol. The Hall–Kier alpha value is -3.44. The minimum Gasteiger partial charge on any atom is -0.456 e. The van der Waals surface area contributed by atoms with Crippen molar-refractivity contribution in [2.75, 3.05) is 5.43 Å². The molecule has 0 saturated heterocycles. The summed E-state index contributed by atoms with van der Waals surface area (Å²) >= 11 is 1.59. The Kier molecular flexibility index (Phi) is 4.83. The van der Waals surface area contributed by atoms with Crippen molar-refractivity contribution in [2.45, 2.75) is 26.2 Å². The molecule has 5 rings (SSSR count). The Bertz CT molecular complexity index is 1410. The Morgan fingerprint density at radius 2 is 1.65 bits per heavy atom. The van der Waals surface area contributed by atoms with Gasteiger partial charge in [-0.1, -0.05) is 80.6 Å². The van der Waals surface area contributed by atoms with E-state index in [1.54, 1.807) is 11.3 Å². The second kappa shape index (κ2) is 7.67. The maximum atomic E-state index is 6.21. The van der Waals surface area contributed by atoms with Crippen LogP contribution in [0, 0.1) is 0 Å². The number of nitrogens with one attached hydrogen (secondary N) is 1. The van der Waals surface area contributed by atoms with Crippen LogP contribution in [0.4, 0.5) is 5.13 Å². The second-order valence-electron chi connectivity index (χ2n) is 8.53. The lowest BCUT2D eigenvalue weighted by molar-refractivity contribution is 0.589. The second-order valence-corrected chi connectivity index (χ2v) is 9.56. The van der Waals surface area contributed by atoms with Gasteiger partial charge in [0.1, 0.15) is 11.3 Å². The molecule has 0 amide bonds. The van der Waals surface area contributed by atoms with Crippen LogP contribution in [0.1, 0.15) is 26.3 Å². The molecule has 0 bridgehead atoms. The van der Waals surface area contributed by atoms with E-state index in [1.807, 2.05) is 48.5 Å². The summed E-state index contributed by atoms with van der Waals surface area (Å²) in [5.74, 6) is 0.781. The van der Waals surface area contributed by atoms with Crippen molar-refractivity contribution in [1.29, 1.82) is 0 Å². The zero-order valence-corrected chi connectivity index (χ0v) is 18.5. The van der Waals surface area contributed by atoms with Gasteiger partial charge in [0.05, 0.1) is 15.6 Å². The first-order valence-electron chi connectivity index (χ1n) is 10.3. The number of fused-ring (bicyclic) bond motifs is 2. The topological polar surface area (TPSA) is 50.4 Å². The summed E-state index contributed by atoms with van der Waals surface area (Å²) in [6, 6.07) is 26.6. The average molecular weight is 426 g/mol. The summed E-state index contributed by atoms with van der Waals surface area (Å²) in [4.78, 5) is 4.61. The lowest BCUT2D eigenvalue weighted by Crippen LogP contribution is -2.10. The van der Waals surface area contributed by atoms with Crippen LogP contribution in [-0.2, 0) is 5.41 Å². The minimum atomic E-state index is 0.112. The van der Waals surface area contributed by atoms with Crippen molar-refractivity contribution in [2.24, 2.45) is 5.10 Å². The van der Waals surface area contributed by atoms with Gasteiger partial charge in [-0.05, 0) is 35.2 Å². The number of anilines is 1. The lowest BCUT2D eigenvalue weighted by atomic mass is 9.86.